The van der Waals surface area contributed by atoms with E-state index in [0.29, 0.717) is 6.54 Å². The SMILES string of the molecule is CC(Cn1cccn1)NS(=O)(=O)c1ccc(C#N)nc1. The van der Waals surface area contributed by atoms with Crippen molar-refractivity contribution in [3.8, 4) is 6.07 Å². The van der Waals surface area contributed by atoms with E-state index in [-0.39, 0.29) is 16.6 Å². The molecule has 2 heterocycles. The molecule has 1 unspecified atom stereocenters. The summed E-state index contributed by atoms with van der Waals surface area (Å²) >= 11 is 0. The van der Waals surface area contributed by atoms with E-state index in [1.807, 2.05) is 6.07 Å². The van der Waals surface area contributed by atoms with Crippen LogP contribution in [0.15, 0.2) is 41.7 Å². The Morgan fingerprint density at radius 1 is 1.50 bits per heavy atom. The van der Waals surface area contributed by atoms with Crippen LogP contribution < -0.4 is 4.72 Å². The van der Waals surface area contributed by atoms with Crippen molar-refractivity contribution in [2.45, 2.75) is 24.4 Å². The largest absolute Gasteiger partial charge is 0.271 e. The zero-order valence-corrected chi connectivity index (χ0v) is 11.6. The maximum Gasteiger partial charge on any atom is 0.242 e. The minimum Gasteiger partial charge on any atom is -0.271 e. The molecule has 0 aliphatic rings. The first kappa shape index (κ1) is 14.2. The van der Waals surface area contributed by atoms with E-state index >= 15 is 0 Å². The third kappa shape index (κ3) is 3.40. The number of nitrogens with one attached hydrogen (secondary N) is 1. The Morgan fingerprint density at radius 3 is 2.85 bits per heavy atom. The molecule has 0 aliphatic heterocycles. The zero-order valence-electron chi connectivity index (χ0n) is 10.8. The van der Waals surface area contributed by atoms with Gasteiger partial charge in [-0.05, 0) is 25.1 Å². The molecule has 2 rings (SSSR count). The van der Waals surface area contributed by atoms with Crippen LogP contribution in [0.25, 0.3) is 0 Å². The number of sulfonamides is 1. The van der Waals surface area contributed by atoms with Gasteiger partial charge in [0.1, 0.15) is 16.7 Å². The summed E-state index contributed by atoms with van der Waals surface area (Å²) in [5.74, 6) is 0. The van der Waals surface area contributed by atoms with Crippen LogP contribution in [-0.2, 0) is 16.6 Å². The molecule has 8 heteroatoms. The first-order chi connectivity index (χ1) is 9.51. The monoisotopic (exact) mass is 291 g/mol. The zero-order chi connectivity index (χ0) is 14.6. The number of nitriles is 1. The van der Waals surface area contributed by atoms with Crippen LogP contribution in [0.2, 0.25) is 0 Å². The Kier molecular flexibility index (Phi) is 4.12. The highest BCUT2D eigenvalue weighted by atomic mass is 32.2. The summed E-state index contributed by atoms with van der Waals surface area (Å²) in [7, 11) is -3.65. The van der Waals surface area contributed by atoms with Gasteiger partial charge in [0.25, 0.3) is 0 Å². The highest BCUT2D eigenvalue weighted by Crippen LogP contribution is 2.08. The summed E-state index contributed by atoms with van der Waals surface area (Å²) < 4.78 is 28.4. The van der Waals surface area contributed by atoms with E-state index < -0.39 is 10.0 Å². The summed E-state index contributed by atoms with van der Waals surface area (Å²) in [5, 5.41) is 12.6. The summed E-state index contributed by atoms with van der Waals surface area (Å²) in [5.41, 5.74) is 0.175. The van der Waals surface area contributed by atoms with Crippen molar-refractivity contribution in [3.05, 3.63) is 42.5 Å². The van der Waals surface area contributed by atoms with Crippen LogP contribution in [0.3, 0.4) is 0 Å². The van der Waals surface area contributed by atoms with Gasteiger partial charge in [0, 0.05) is 24.6 Å². The first-order valence-electron chi connectivity index (χ1n) is 5.87. The molecule has 104 valence electrons. The van der Waals surface area contributed by atoms with Gasteiger partial charge in [-0.15, -0.1) is 0 Å². The Morgan fingerprint density at radius 2 is 2.30 bits per heavy atom. The topological polar surface area (TPSA) is 101 Å². The Hall–Kier alpha value is -2.24. The molecule has 0 radical (unpaired) electrons. The molecule has 2 aromatic rings. The highest BCUT2D eigenvalue weighted by Gasteiger charge is 2.18. The van der Waals surface area contributed by atoms with Crippen molar-refractivity contribution in [2.75, 3.05) is 0 Å². The molecule has 0 aromatic carbocycles. The van der Waals surface area contributed by atoms with Crippen molar-refractivity contribution < 1.29 is 8.42 Å². The number of rotatable bonds is 5. The molecule has 2 aromatic heterocycles. The van der Waals surface area contributed by atoms with Gasteiger partial charge in [-0.25, -0.2) is 18.1 Å². The van der Waals surface area contributed by atoms with E-state index in [1.54, 1.807) is 30.1 Å². The molecule has 0 bridgehead atoms. The molecule has 0 saturated heterocycles. The number of nitrogens with zero attached hydrogens (tertiary/aromatic N) is 4. The highest BCUT2D eigenvalue weighted by molar-refractivity contribution is 7.89. The second-order valence-corrected chi connectivity index (χ2v) is 5.96. The fourth-order valence-electron chi connectivity index (χ4n) is 1.66. The third-order valence-electron chi connectivity index (χ3n) is 2.54. The van der Waals surface area contributed by atoms with E-state index in [1.165, 1.54) is 18.3 Å². The van der Waals surface area contributed by atoms with Crippen molar-refractivity contribution in [2.24, 2.45) is 0 Å². The lowest BCUT2D eigenvalue weighted by Gasteiger charge is -2.14. The molecule has 0 spiro atoms. The lowest BCUT2D eigenvalue weighted by Crippen LogP contribution is -2.35. The average molecular weight is 291 g/mol. The predicted molar refractivity (Wildman–Crippen MR) is 71.0 cm³/mol. The van der Waals surface area contributed by atoms with Crippen LogP contribution in [0.4, 0.5) is 0 Å². The lowest BCUT2D eigenvalue weighted by atomic mass is 10.4. The summed E-state index contributed by atoms with van der Waals surface area (Å²) in [4.78, 5) is 3.78. The lowest BCUT2D eigenvalue weighted by molar-refractivity contribution is 0.494. The molecule has 7 nitrogen and oxygen atoms in total. The maximum absolute atomic E-state index is 12.1. The van der Waals surface area contributed by atoms with Gasteiger partial charge in [0.05, 0.1) is 6.54 Å². The predicted octanol–water partition coefficient (Wildman–Crippen LogP) is 0.517. The molecule has 1 atom stereocenters. The molecule has 0 amide bonds. The molecular weight excluding hydrogens is 278 g/mol. The van der Waals surface area contributed by atoms with E-state index in [4.69, 9.17) is 5.26 Å². The van der Waals surface area contributed by atoms with Crippen LogP contribution in [0, 0.1) is 11.3 Å². The van der Waals surface area contributed by atoms with Crippen molar-refractivity contribution in [1.29, 1.82) is 5.26 Å². The molecule has 0 fully saturated rings. The Bertz CT molecular complexity index is 701. The summed E-state index contributed by atoms with van der Waals surface area (Å²) in [6.07, 6.45) is 4.56. The van der Waals surface area contributed by atoms with Crippen molar-refractivity contribution >= 4 is 10.0 Å². The minimum atomic E-state index is -3.65. The molecule has 0 saturated carbocycles. The van der Waals surface area contributed by atoms with Gasteiger partial charge < -0.3 is 0 Å². The Labute approximate surface area is 116 Å². The Balaban J connectivity index is 2.08. The molecule has 1 N–H and O–H groups in total. The second-order valence-electron chi connectivity index (χ2n) is 4.24. The standard InChI is InChI=1S/C12H13N5O2S/c1-10(9-17-6-2-5-15-17)16-20(18,19)12-4-3-11(7-13)14-8-12/h2-6,8,10,16H,9H2,1H3. The van der Waals surface area contributed by atoms with Crippen molar-refractivity contribution in [1.82, 2.24) is 19.5 Å². The van der Waals surface area contributed by atoms with E-state index in [9.17, 15) is 8.42 Å². The number of aromatic nitrogens is 3. The van der Waals surface area contributed by atoms with Crippen LogP contribution in [-0.4, -0.2) is 29.2 Å². The van der Waals surface area contributed by atoms with Gasteiger partial charge in [0.2, 0.25) is 10.0 Å². The smallest absolute Gasteiger partial charge is 0.242 e. The third-order valence-corrected chi connectivity index (χ3v) is 4.11. The summed E-state index contributed by atoms with van der Waals surface area (Å²) in [6, 6.07) is 6.01. The van der Waals surface area contributed by atoms with Gasteiger partial charge in [-0.3, -0.25) is 4.68 Å². The van der Waals surface area contributed by atoms with Gasteiger partial charge in [0.15, 0.2) is 0 Å². The second kappa shape index (κ2) is 5.81. The molecular formula is C12H13N5O2S. The van der Waals surface area contributed by atoms with Gasteiger partial charge >= 0.3 is 0 Å². The van der Waals surface area contributed by atoms with Crippen LogP contribution in [0.1, 0.15) is 12.6 Å². The fourth-order valence-corrected chi connectivity index (χ4v) is 2.84. The normalized spacial score (nSPS) is 12.8. The number of pyridine rings is 1. The molecule has 0 aliphatic carbocycles. The summed E-state index contributed by atoms with van der Waals surface area (Å²) in [6.45, 7) is 2.17. The quantitative estimate of drug-likeness (QED) is 0.865. The first-order valence-corrected chi connectivity index (χ1v) is 7.35. The maximum atomic E-state index is 12.1. The van der Waals surface area contributed by atoms with Gasteiger partial charge in [-0.1, -0.05) is 0 Å². The van der Waals surface area contributed by atoms with E-state index in [2.05, 4.69) is 14.8 Å². The van der Waals surface area contributed by atoms with Crippen LogP contribution in [0.5, 0.6) is 0 Å². The number of hydrogen-bond donors (Lipinski definition) is 1. The molecule has 20 heavy (non-hydrogen) atoms. The van der Waals surface area contributed by atoms with Crippen molar-refractivity contribution in [3.63, 3.8) is 0 Å². The fraction of sp³-hybridized carbons (Fsp3) is 0.250. The number of hydrogen-bond acceptors (Lipinski definition) is 5. The van der Waals surface area contributed by atoms with Gasteiger partial charge in [-0.2, -0.15) is 10.4 Å². The average Bonchev–Trinajstić information content (AvgIpc) is 2.91. The van der Waals surface area contributed by atoms with E-state index in [0.717, 1.165) is 0 Å². The minimum absolute atomic E-state index is 0.0313. The van der Waals surface area contributed by atoms with Crippen LogP contribution >= 0.6 is 0 Å².